The van der Waals surface area contributed by atoms with Crippen LogP contribution in [-0.4, -0.2) is 37.3 Å². The van der Waals surface area contributed by atoms with Crippen molar-refractivity contribution in [3.63, 3.8) is 0 Å². The third kappa shape index (κ3) is 2.82. The third-order valence-corrected chi connectivity index (χ3v) is 2.46. The predicted octanol–water partition coefficient (Wildman–Crippen LogP) is 1.42. The first-order chi connectivity index (χ1) is 7.83. The third-order valence-electron chi connectivity index (χ3n) is 2.46. The Morgan fingerprint density at radius 3 is 2.81 bits per heavy atom. The van der Waals surface area contributed by atoms with Gasteiger partial charge in [-0.15, -0.1) is 0 Å². The maximum absolute atomic E-state index is 5.49. The second kappa shape index (κ2) is 5.12. The second-order valence-corrected chi connectivity index (χ2v) is 3.82. The molecule has 0 spiro atoms. The number of anilines is 1. The highest BCUT2D eigenvalue weighted by Crippen LogP contribution is 2.39. The number of nitrogens with zero attached hydrogens (tertiary/aromatic N) is 2. The summed E-state index contributed by atoms with van der Waals surface area (Å²) in [6.07, 6.45) is 2.37. The van der Waals surface area contributed by atoms with Gasteiger partial charge in [0, 0.05) is 26.1 Å². The summed E-state index contributed by atoms with van der Waals surface area (Å²) in [7, 11) is 3.50. The highest BCUT2D eigenvalue weighted by Gasteiger charge is 2.27. The molecule has 2 rings (SSSR count). The van der Waals surface area contributed by atoms with E-state index in [0.717, 1.165) is 11.6 Å². The largest absolute Gasteiger partial charge is 0.475 e. The highest BCUT2D eigenvalue weighted by molar-refractivity contribution is 5.38. The standard InChI is InChI=1S/C11H17N3O2/c1-12-9-7-10(16-6-5-15-2)14-11(13-9)8-3-4-8/h7-8H,3-6H2,1-2H3,(H,12,13,14). The lowest BCUT2D eigenvalue weighted by atomic mass is 10.4. The summed E-state index contributed by atoms with van der Waals surface area (Å²) in [5, 5.41) is 3.02. The van der Waals surface area contributed by atoms with Crippen molar-refractivity contribution in [3.8, 4) is 5.88 Å². The minimum atomic E-state index is 0.515. The van der Waals surface area contributed by atoms with Crippen LogP contribution in [0, 0.1) is 0 Å². The summed E-state index contributed by atoms with van der Waals surface area (Å²) >= 11 is 0. The first-order valence-electron chi connectivity index (χ1n) is 5.52. The monoisotopic (exact) mass is 223 g/mol. The Labute approximate surface area is 95.2 Å². The molecule has 5 nitrogen and oxygen atoms in total. The molecule has 1 heterocycles. The first kappa shape index (κ1) is 11.1. The maximum Gasteiger partial charge on any atom is 0.218 e. The molecule has 0 saturated heterocycles. The first-order valence-corrected chi connectivity index (χ1v) is 5.52. The van der Waals surface area contributed by atoms with Gasteiger partial charge < -0.3 is 14.8 Å². The van der Waals surface area contributed by atoms with E-state index in [1.807, 2.05) is 13.1 Å². The topological polar surface area (TPSA) is 56.3 Å². The molecule has 1 aliphatic carbocycles. The minimum Gasteiger partial charge on any atom is -0.475 e. The van der Waals surface area contributed by atoms with Crippen LogP contribution in [0.5, 0.6) is 5.88 Å². The van der Waals surface area contributed by atoms with Gasteiger partial charge >= 0.3 is 0 Å². The van der Waals surface area contributed by atoms with Crippen molar-refractivity contribution in [1.82, 2.24) is 9.97 Å². The van der Waals surface area contributed by atoms with E-state index in [4.69, 9.17) is 9.47 Å². The van der Waals surface area contributed by atoms with E-state index in [1.54, 1.807) is 7.11 Å². The number of hydrogen-bond acceptors (Lipinski definition) is 5. The van der Waals surface area contributed by atoms with Crippen molar-refractivity contribution in [3.05, 3.63) is 11.9 Å². The normalized spacial score (nSPS) is 14.9. The van der Waals surface area contributed by atoms with Gasteiger partial charge in [-0.3, -0.25) is 0 Å². The Kier molecular flexibility index (Phi) is 3.56. The van der Waals surface area contributed by atoms with Crippen LogP contribution in [0.2, 0.25) is 0 Å². The zero-order valence-electron chi connectivity index (χ0n) is 9.69. The Bertz CT molecular complexity index is 353. The van der Waals surface area contributed by atoms with E-state index in [-0.39, 0.29) is 0 Å². The van der Waals surface area contributed by atoms with Gasteiger partial charge in [-0.25, -0.2) is 4.98 Å². The summed E-state index contributed by atoms with van der Waals surface area (Å²) in [5.41, 5.74) is 0. The van der Waals surface area contributed by atoms with Crippen LogP contribution in [0.25, 0.3) is 0 Å². The van der Waals surface area contributed by atoms with Crippen LogP contribution in [0.15, 0.2) is 6.07 Å². The quantitative estimate of drug-likeness (QED) is 0.739. The number of aromatic nitrogens is 2. The van der Waals surface area contributed by atoms with E-state index < -0.39 is 0 Å². The molecular weight excluding hydrogens is 206 g/mol. The van der Waals surface area contributed by atoms with Gasteiger partial charge in [0.15, 0.2) is 0 Å². The minimum absolute atomic E-state index is 0.515. The van der Waals surface area contributed by atoms with Gasteiger partial charge in [-0.05, 0) is 12.8 Å². The Hall–Kier alpha value is -1.36. The van der Waals surface area contributed by atoms with Gasteiger partial charge in [0.1, 0.15) is 18.2 Å². The van der Waals surface area contributed by atoms with Crippen LogP contribution >= 0.6 is 0 Å². The van der Waals surface area contributed by atoms with Crippen molar-refractivity contribution in [1.29, 1.82) is 0 Å². The lowest BCUT2D eigenvalue weighted by Crippen LogP contribution is -2.08. The van der Waals surface area contributed by atoms with Crippen LogP contribution in [0.3, 0.4) is 0 Å². The molecular formula is C11H17N3O2. The summed E-state index contributed by atoms with van der Waals surface area (Å²) < 4.78 is 10.4. The molecule has 0 amide bonds. The fraction of sp³-hybridized carbons (Fsp3) is 0.636. The Morgan fingerprint density at radius 2 is 2.19 bits per heavy atom. The van der Waals surface area contributed by atoms with Gasteiger partial charge in [0.05, 0.1) is 6.61 Å². The lowest BCUT2D eigenvalue weighted by Gasteiger charge is -2.08. The van der Waals surface area contributed by atoms with E-state index in [9.17, 15) is 0 Å². The molecule has 1 aromatic heterocycles. The molecule has 0 radical (unpaired) electrons. The van der Waals surface area contributed by atoms with Crippen LogP contribution in [-0.2, 0) is 4.74 Å². The van der Waals surface area contributed by atoms with E-state index >= 15 is 0 Å². The predicted molar refractivity (Wildman–Crippen MR) is 60.9 cm³/mol. The van der Waals surface area contributed by atoms with Crippen molar-refractivity contribution in [2.75, 3.05) is 32.7 Å². The number of ether oxygens (including phenoxy) is 2. The van der Waals surface area contributed by atoms with Gasteiger partial charge in [0.25, 0.3) is 0 Å². The smallest absolute Gasteiger partial charge is 0.218 e. The Morgan fingerprint density at radius 1 is 1.38 bits per heavy atom. The SMILES string of the molecule is CNc1cc(OCCOC)nc(C2CC2)n1. The van der Waals surface area contributed by atoms with Crippen LogP contribution in [0.1, 0.15) is 24.6 Å². The van der Waals surface area contributed by atoms with E-state index in [0.29, 0.717) is 25.0 Å². The van der Waals surface area contributed by atoms with Crippen molar-refractivity contribution in [2.45, 2.75) is 18.8 Å². The van der Waals surface area contributed by atoms with Crippen LogP contribution < -0.4 is 10.1 Å². The number of methoxy groups -OCH3 is 1. The molecule has 1 aromatic rings. The summed E-state index contributed by atoms with van der Waals surface area (Å²) in [6.45, 7) is 1.08. The molecule has 0 atom stereocenters. The summed E-state index contributed by atoms with van der Waals surface area (Å²) in [4.78, 5) is 8.79. The average Bonchev–Trinajstić information content (AvgIpc) is 3.13. The van der Waals surface area contributed by atoms with Gasteiger partial charge in [-0.1, -0.05) is 0 Å². The number of rotatable bonds is 6. The molecule has 16 heavy (non-hydrogen) atoms. The molecule has 88 valence electrons. The lowest BCUT2D eigenvalue weighted by molar-refractivity contribution is 0.143. The van der Waals surface area contributed by atoms with Gasteiger partial charge in [0.2, 0.25) is 5.88 Å². The molecule has 1 aliphatic rings. The van der Waals surface area contributed by atoms with Crippen molar-refractivity contribution in [2.24, 2.45) is 0 Å². The van der Waals surface area contributed by atoms with E-state index in [2.05, 4.69) is 15.3 Å². The molecule has 1 saturated carbocycles. The molecule has 0 aromatic carbocycles. The van der Waals surface area contributed by atoms with Crippen LogP contribution in [0.4, 0.5) is 5.82 Å². The van der Waals surface area contributed by atoms with Gasteiger partial charge in [-0.2, -0.15) is 4.98 Å². The van der Waals surface area contributed by atoms with Crippen molar-refractivity contribution < 1.29 is 9.47 Å². The maximum atomic E-state index is 5.49. The van der Waals surface area contributed by atoms with Crippen molar-refractivity contribution >= 4 is 5.82 Å². The molecule has 0 aliphatic heterocycles. The average molecular weight is 223 g/mol. The zero-order chi connectivity index (χ0) is 11.4. The molecule has 0 unspecified atom stereocenters. The molecule has 5 heteroatoms. The molecule has 1 N–H and O–H groups in total. The second-order valence-electron chi connectivity index (χ2n) is 3.82. The summed E-state index contributed by atoms with van der Waals surface area (Å²) in [5.74, 6) is 2.85. The number of nitrogens with one attached hydrogen (secondary N) is 1. The summed E-state index contributed by atoms with van der Waals surface area (Å²) in [6, 6.07) is 1.81. The zero-order valence-corrected chi connectivity index (χ0v) is 9.69. The Balaban J connectivity index is 2.06. The highest BCUT2D eigenvalue weighted by atomic mass is 16.5. The molecule has 0 bridgehead atoms. The van der Waals surface area contributed by atoms with E-state index in [1.165, 1.54) is 12.8 Å². The number of hydrogen-bond donors (Lipinski definition) is 1. The molecule has 1 fully saturated rings. The fourth-order valence-corrected chi connectivity index (χ4v) is 1.40. The fourth-order valence-electron chi connectivity index (χ4n) is 1.40.